The van der Waals surface area contributed by atoms with Crippen LogP contribution in [-0.4, -0.2) is 83.9 Å². The first kappa shape index (κ1) is 35.5. The Hall–Kier alpha value is -1.67. The van der Waals surface area contributed by atoms with Gasteiger partial charge in [-0.05, 0) is 13.8 Å². The van der Waals surface area contributed by atoms with Crippen LogP contribution in [0.3, 0.4) is 0 Å². The summed E-state index contributed by atoms with van der Waals surface area (Å²) in [4.78, 5) is 11.0. The summed E-state index contributed by atoms with van der Waals surface area (Å²) in [7, 11) is -10.9. The molecule has 0 saturated heterocycles. The summed E-state index contributed by atoms with van der Waals surface area (Å²) in [5.41, 5.74) is 0.467. The number of carbonyl (C=O) groups excluding carboxylic acids is 1. The molecule has 0 spiro atoms. The first-order valence-electron chi connectivity index (χ1n) is 8.86. The van der Waals surface area contributed by atoms with Gasteiger partial charge in [0.25, 0.3) is 0 Å². The molecule has 0 N–H and O–H groups in total. The van der Waals surface area contributed by atoms with E-state index in [2.05, 4.69) is 27.6 Å². The first-order chi connectivity index (χ1) is 15.1. The molecule has 0 aliphatic rings. The molecule has 0 unspecified atom stereocenters. The van der Waals surface area contributed by atoms with E-state index in [0.717, 1.165) is 24.0 Å². The molecule has 0 aromatic carbocycles. The number of sulfonamides is 2. The van der Waals surface area contributed by atoms with Crippen LogP contribution >= 0.6 is 0 Å². The Morgan fingerprint density at radius 3 is 1.46 bits per heavy atom. The molecule has 8 nitrogen and oxygen atoms in total. The summed E-state index contributed by atoms with van der Waals surface area (Å²) in [6, 6.07) is 0. The molecule has 0 rings (SSSR count). The van der Waals surface area contributed by atoms with E-state index in [4.69, 9.17) is 4.74 Å². The van der Waals surface area contributed by atoms with E-state index < -0.39 is 42.9 Å². The van der Waals surface area contributed by atoms with Gasteiger partial charge in [-0.1, -0.05) is 6.58 Å². The zero-order valence-corrected chi connectivity index (χ0v) is 20.1. The second-order valence-electron chi connectivity index (χ2n) is 7.30. The molecule has 20 heteroatoms. The average Bonchev–Trinajstić information content (AvgIpc) is 2.62. The smallest absolute Gasteiger partial charge is 0.462 e. The van der Waals surface area contributed by atoms with Crippen molar-refractivity contribution < 1.29 is 74.8 Å². The molecule has 0 atom stereocenters. The molecule has 0 saturated carbocycles. The van der Waals surface area contributed by atoms with E-state index in [1.165, 1.54) is 0 Å². The standard InChI is InChI=1S/C11H22NO2.C4F10NO4S2/c1-6-12(4,5)8-7-9-14-11(13)10(2)3;5-1(6,7)3(11,12)20(16,17)15-21(18,19)4(13,14)2(8,9)10/h2,6-9H2,1,3-5H3;/q+1;-1. The van der Waals surface area contributed by atoms with Crippen molar-refractivity contribution in [1.29, 1.82) is 0 Å². The quantitative estimate of drug-likeness (QED) is 0.127. The van der Waals surface area contributed by atoms with Gasteiger partial charge in [-0.2, -0.15) is 43.9 Å². The van der Waals surface area contributed by atoms with Crippen molar-refractivity contribution in [1.82, 2.24) is 0 Å². The highest BCUT2D eigenvalue weighted by molar-refractivity contribution is 8.13. The lowest BCUT2D eigenvalue weighted by Gasteiger charge is -2.31. The maximum atomic E-state index is 12.3. The molecule has 0 aliphatic heterocycles. The second-order valence-corrected chi connectivity index (χ2v) is 10.8. The zero-order chi connectivity index (χ0) is 28.9. The molecule has 0 aromatic heterocycles. The number of hydrogen-bond acceptors (Lipinski definition) is 6. The van der Waals surface area contributed by atoms with Crippen LogP contribution in [0, 0.1) is 0 Å². The lowest BCUT2D eigenvalue weighted by Crippen LogP contribution is -2.48. The fourth-order valence-corrected chi connectivity index (χ4v) is 3.82. The van der Waals surface area contributed by atoms with Crippen molar-refractivity contribution >= 4 is 26.0 Å². The van der Waals surface area contributed by atoms with E-state index in [0.29, 0.717) is 16.3 Å². The minimum Gasteiger partial charge on any atom is -0.462 e. The predicted molar refractivity (Wildman–Crippen MR) is 101 cm³/mol. The van der Waals surface area contributed by atoms with Gasteiger partial charge < -0.3 is 13.3 Å². The van der Waals surface area contributed by atoms with Gasteiger partial charge in [0, 0.05) is 12.0 Å². The number of halogens is 10. The molecule has 0 amide bonds. The van der Waals surface area contributed by atoms with Crippen LogP contribution in [0.25, 0.3) is 4.13 Å². The molecule has 0 radical (unpaired) electrons. The maximum Gasteiger partial charge on any atom is 0.467 e. The van der Waals surface area contributed by atoms with Crippen molar-refractivity contribution in [2.45, 2.75) is 43.1 Å². The summed E-state index contributed by atoms with van der Waals surface area (Å²) in [5.74, 6) is -0.285. The van der Waals surface area contributed by atoms with Crippen LogP contribution in [0.15, 0.2) is 12.2 Å². The number of alkyl halides is 10. The van der Waals surface area contributed by atoms with Crippen LogP contribution in [0.5, 0.6) is 0 Å². The first-order valence-corrected chi connectivity index (χ1v) is 11.7. The fraction of sp³-hybridized carbons (Fsp3) is 0.800. The Labute approximate surface area is 194 Å². The predicted octanol–water partition coefficient (Wildman–Crippen LogP) is 3.92. The van der Waals surface area contributed by atoms with Crippen LogP contribution in [0.1, 0.15) is 20.3 Å². The van der Waals surface area contributed by atoms with Gasteiger partial charge in [0.15, 0.2) is 20.0 Å². The topological polar surface area (TPSA) is 109 Å². The van der Waals surface area contributed by atoms with Gasteiger partial charge in [0.05, 0.1) is 33.8 Å². The van der Waals surface area contributed by atoms with Gasteiger partial charge >= 0.3 is 28.8 Å². The van der Waals surface area contributed by atoms with Crippen molar-refractivity contribution in [2.24, 2.45) is 0 Å². The SMILES string of the molecule is C=C(C)C(=O)OCCC[N+](C)(C)CC.O=S(=O)([N-]S(=O)(=O)C(F)(F)C(F)(F)F)C(F)(F)C(F)(F)F. The summed E-state index contributed by atoms with van der Waals surface area (Å²) in [6.07, 6.45) is -13.1. The molecule has 0 aromatic rings. The van der Waals surface area contributed by atoms with Crippen LogP contribution < -0.4 is 0 Å². The highest BCUT2D eigenvalue weighted by Crippen LogP contribution is 2.47. The summed E-state index contributed by atoms with van der Waals surface area (Å²) < 4.78 is 167. The van der Waals surface area contributed by atoms with E-state index in [-0.39, 0.29) is 5.97 Å². The second kappa shape index (κ2) is 11.6. The minimum absolute atomic E-state index is 0.285. The number of hydrogen-bond donors (Lipinski definition) is 0. The molecule has 0 fully saturated rings. The van der Waals surface area contributed by atoms with Gasteiger partial charge in [-0.15, -0.1) is 0 Å². The maximum absolute atomic E-state index is 12.3. The van der Waals surface area contributed by atoms with E-state index in [1.807, 2.05) is 0 Å². The number of carbonyl (C=O) groups is 1. The van der Waals surface area contributed by atoms with E-state index in [1.54, 1.807) is 6.92 Å². The highest BCUT2D eigenvalue weighted by Gasteiger charge is 2.68. The van der Waals surface area contributed by atoms with Crippen LogP contribution in [0.4, 0.5) is 43.9 Å². The lowest BCUT2D eigenvalue weighted by atomic mass is 10.3. The largest absolute Gasteiger partial charge is 0.467 e. The van der Waals surface area contributed by atoms with Gasteiger partial charge in [-0.25, -0.2) is 21.6 Å². The highest BCUT2D eigenvalue weighted by atomic mass is 32.3. The zero-order valence-electron chi connectivity index (χ0n) is 18.5. The number of quaternary nitrogens is 1. The van der Waals surface area contributed by atoms with Crippen molar-refractivity contribution in [2.75, 3.05) is 33.8 Å². The third kappa shape index (κ3) is 9.71. The van der Waals surface area contributed by atoms with Gasteiger partial charge in [0.1, 0.15) is 0 Å². The molecule has 0 heterocycles. The molecule has 0 bridgehead atoms. The summed E-state index contributed by atoms with van der Waals surface area (Å²) in [5, 5.41) is -14.0. The van der Waals surface area contributed by atoms with Crippen molar-refractivity contribution in [3.63, 3.8) is 0 Å². The van der Waals surface area contributed by atoms with Crippen molar-refractivity contribution in [3.05, 3.63) is 16.3 Å². The number of rotatable bonds is 10. The molecular formula is C15H22F10N2O6S2. The van der Waals surface area contributed by atoms with Crippen LogP contribution in [0.2, 0.25) is 0 Å². The van der Waals surface area contributed by atoms with E-state index in [9.17, 15) is 65.5 Å². The van der Waals surface area contributed by atoms with Gasteiger partial charge in [-0.3, -0.25) is 0 Å². The third-order valence-corrected chi connectivity index (χ3v) is 7.18. The Bertz CT molecular complexity index is 904. The summed E-state index contributed by atoms with van der Waals surface area (Å²) >= 11 is 0. The summed E-state index contributed by atoms with van der Waals surface area (Å²) in [6.45, 7) is 9.95. The number of esters is 1. The molecule has 0 aliphatic carbocycles. The number of ether oxygens (including phenoxy) is 1. The lowest BCUT2D eigenvalue weighted by molar-refractivity contribution is -0.888. The normalized spacial score (nSPS) is 14.1. The Kier molecular flexibility index (Phi) is 11.8. The Balaban J connectivity index is 0. The molecule has 210 valence electrons. The van der Waals surface area contributed by atoms with E-state index >= 15 is 0 Å². The van der Waals surface area contributed by atoms with Gasteiger partial charge in [0.2, 0.25) is 0 Å². The van der Waals surface area contributed by atoms with Crippen LogP contribution in [-0.2, 0) is 29.6 Å². The molecule has 35 heavy (non-hydrogen) atoms. The average molecular weight is 580 g/mol. The monoisotopic (exact) mass is 580 g/mol. The Morgan fingerprint density at radius 1 is 0.857 bits per heavy atom. The molecular weight excluding hydrogens is 558 g/mol. The minimum atomic E-state index is -7.62. The fourth-order valence-electron chi connectivity index (χ4n) is 1.45. The third-order valence-electron chi connectivity index (χ3n) is 3.85. The Morgan fingerprint density at radius 2 is 1.20 bits per heavy atom. The van der Waals surface area contributed by atoms with Crippen molar-refractivity contribution in [3.8, 4) is 0 Å². The number of nitrogens with zero attached hydrogens (tertiary/aromatic N) is 2.